The van der Waals surface area contributed by atoms with Gasteiger partial charge >= 0.3 is 0 Å². The van der Waals surface area contributed by atoms with E-state index < -0.39 is 0 Å². The van der Waals surface area contributed by atoms with Gasteiger partial charge in [0.15, 0.2) is 0 Å². The van der Waals surface area contributed by atoms with Crippen LogP contribution in [0.15, 0.2) is 77.8 Å². The number of thiol groups is 2. The van der Waals surface area contributed by atoms with E-state index in [1.165, 1.54) is 25.7 Å². The lowest BCUT2D eigenvalue weighted by Crippen LogP contribution is -1.95. The molecule has 0 radical (unpaired) electrons. The minimum atomic E-state index is 0.587. The van der Waals surface area contributed by atoms with Gasteiger partial charge in [0.2, 0.25) is 0 Å². The molecule has 0 bridgehead atoms. The highest BCUT2D eigenvalue weighted by Gasteiger charge is 2.04. The molecule has 0 spiro atoms. The Hall–Kier alpha value is -3.03. The number of anilines is 3. The third-order valence-corrected chi connectivity index (χ3v) is 5.62. The molecule has 0 atom stereocenters. The molecule has 0 amide bonds. The topological polar surface area (TPSA) is 100 Å². The van der Waals surface area contributed by atoms with Crippen molar-refractivity contribution in [1.29, 1.82) is 0 Å². The molecule has 4 aromatic rings. The number of fused-ring (bicyclic) bond motifs is 1. The van der Waals surface area contributed by atoms with Crippen molar-refractivity contribution in [2.45, 2.75) is 37.5 Å². The molecular formula is C28H36N4OS2. The van der Waals surface area contributed by atoms with Crippen LogP contribution in [0.2, 0.25) is 0 Å². The molecule has 186 valence electrons. The van der Waals surface area contributed by atoms with Gasteiger partial charge in [0.05, 0.1) is 36.1 Å². The van der Waals surface area contributed by atoms with Crippen molar-refractivity contribution in [2.75, 3.05) is 30.1 Å². The Morgan fingerprint density at radius 2 is 1.49 bits per heavy atom. The molecule has 1 fully saturated rings. The fourth-order valence-electron chi connectivity index (χ4n) is 3.01. The SMILES string of the molecule is C1CCC1.CCS.COc1cccc(-c2ccc(N)cn2)c1.Nc1cc(S)c2ccccc2c1N. The Bertz CT molecular complexity index is 1180. The maximum atomic E-state index is 5.83. The Kier molecular flexibility index (Phi) is 12.1. The predicted octanol–water partition coefficient (Wildman–Crippen LogP) is 7.13. The number of ether oxygens (including phenoxy) is 1. The summed E-state index contributed by atoms with van der Waals surface area (Å²) in [6.07, 6.45) is 7.65. The highest BCUT2D eigenvalue weighted by Crippen LogP contribution is 2.31. The molecular weight excluding hydrogens is 472 g/mol. The van der Waals surface area contributed by atoms with Crippen molar-refractivity contribution in [3.05, 3.63) is 72.9 Å². The monoisotopic (exact) mass is 508 g/mol. The number of nitrogens with zero attached hydrogens (tertiary/aromatic N) is 1. The van der Waals surface area contributed by atoms with Gasteiger partial charge in [-0.25, -0.2) is 0 Å². The third kappa shape index (κ3) is 8.92. The van der Waals surface area contributed by atoms with E-state index >= 15 is 0 Å². The highest BCUT2D eigenvalue weighted by atomic mass is 32.1. The molecule has 1 heterocycles. The number of benzene rings is 3. The van der Waals surface area contributed by atoms with Crippen molar-refractivity contribution < 1.29 is 4.74 Å². The van der Waals surface area contributed by atoms with Gasteiger partial charge in [-0.05, 0) is 41.5 Å². The van der Waals surface area contributed by atoms with E-state index in [1.807, 2.05) is 67.6 Å². The Morgan fingerprint density at radius 3 is 2.03 bits per heavy atom. The lowest BCUT2D eigenvalue weighted by Gasteiger charge is -2.07. The second kappa shape index (κ2) is 15.1. The summed E-state index contributed by atoms with van der Waals surface area (Å²) < 4.78 is 5.15. The van der Waals surface area contributed by atoms with Crippen LogP contribution in [0, 0.1) is 0 Å². The number of nitrogens with two attached hydrogens (primary N) is 3. The highest BCUT2D eigenvalue weighted by molar-refractivity contribution is 7.80. The number of hydrogen-bond acceptors (Lipinski definition) is 7. The van der Waals surface area contributed by atoms with Crippen LogP contribution in [0.5, 0.6) is 5.75 Å². The molecule has 0 unspecified atom stereocenters. The molecule has 1 saturated carbocycles. The Balaban J connectivity index is 0.000000195. The van der Waals surface area contributed by atoms with Gasteiger partial charge in [-0.2, -0.15) is 12.6 Å². The lowest BCUT2D eigenvalue weighted by atomic mass is 10.0. The molecule has 6 N–H and O–H groups in total. The number of pyridine rings is 1. The third-order valence-electron chi connectivity index (χ3n) is 5.25. The Labute approximate surface area is 219 Å². The zero-order valence-corrected chi connectivity index (χ0v) is 22.2. The smallest absolute Gasteiger partial charge is 0.119 e. The minimum Gasteiger partial charge on any atom is -0.497 e. The normalized spacial score (nSPS) is 11.4. The van der Waals surface area contributed by atoms with Crippen LogP contribution >= 0.6 is 25.3 Å². The van der Waals surface area contributed by atoms with E-state index in [0.29, 0.717) is 17.1 Å². The summed E-state index contributed by atoms with van der Waals surface area (Å²) in [6.45, 7) is 1.99. The molecule has 0 saturated heterocycles. The van der Waals surface area contributed by atoms with Gasteiger partial charge in [-0.1, -0.05) is 69.0 Å². The zero-order chi connectivity index (χ0) is 25.6. The van der Waals surface area contributed by atoms with E-state index in [4.69, 9.17) is 21.9 Å². The molecule has 0 aliphatic heterocycles. The molecule has 5 nitrogen and oxygen atoms in total. The van der Waals surface area contributed by atoms with E-state index in [1.54, 1.807) is 19.4 Å². The molecule has 1 aliphatic rings. The van der Waals surface area contributed by atoms with E-state index in [2.05, 4.69) is 30.2 Å². The fourth-order valence-corrected chi connectivity index (χ4v) is 3.34. The molecule has 3 aromatic carbocycles. The first-order valence-electron chi connectivity index (χ1n) is 11.6. The van der Waals surface area contributed by atoms with Gasteiger partial charge in [-0.3, -0.25) is 4.98 Å². The fraction of sp³-hybridized carbons (Fsp3) is 0.250. The first kappa shape index (κ1) is 28.2. The molecule has 1 aliphatic carbocycles. The first-order chi connectivity index (χ1) is 16.9. The average Bonchev–Trinajstić information content (AvgIpc) is 2.83. The maximum absolute atomic E-state index is 5.83. The number of aromatic nitrogens is 1. The van der Waals surface area contributed by atoms with Crippen LogP contribution < -0.4 is 21.9 Å². The van der Waals surface area contributed by atoms with Crippen LogP contribution in [0.3, 0.4) is 0 Å². The van der Waals surface area contributed by atoms with Gasteiger partial charge in [0.1, 0.15) is 5.75 Å². The number of methoxy groups -OCH3 is 1. The van der Waals surface area contributed by atoms with Gasteiger partial charge < -0.3 is 21.9 Å². The quantitative estimate of drug-likeness (QED) is 0.146. The maximum Gasteiger partial charge on any atom is 0.119 e. The summed E-state index contributed by atoms with van der Waals surface area (Å²) in [7, 11) is 1.65. The van der Waals surface area contributed by atoms with Crippen LogP contribution in [-0.2, 0) is 0 Å². The van der Waals surface area contributed by atoms with Gasteiger partial charge in [-0.15, -0.1) is 12.6 Å². The standard InChI is InChI=1S/C12H12N2O.C10H10N2S.C4H8.C2H6S/c1-15-11-4-2-3-9(7-11)12-6-5-10(13)8-14-12;11-8-5-9(13)6-3-1-2-4-7(6)10(8)12;1-2-4-3-1;1-2-3/h2-8H,13H2,1H3;1-5,13H,11-12H2;1-4H2;3H,2H2,1H3. The van der Waals surface area contributed by atoms with Crippen molar-refractivity contribution >= 4 is 53.1 Å². The minimum absolute atomic E-state index is 0.587. The van der Waals surface area contributed by atoms with E-state index in [9.17, 15) is 0 Å². The summed E-state index contributed by atoms with van der Waals surface area (Å²) in [5.41, 5.74) is 20.9. The molecule has 1 aromatic heterocycles. The average molecular weight is 509 g/mol. The molecule has 5 rings (SSSR count). The largest absolute Gasteiger partial charge is 0.497 e. The van der Waals surface area contributed by atoms with E-state index in [-0.39, 0.29) is 0 Å². The lowest BCUT2D eigenvalue weighted by molar-refractivity contribution is 0.415. The van der Waals surface area contributed by atoms with Gasteiger partial charge in [0.25, 0.3) is 0 Å². The number of rotatable bonds is 2. The summed E-state index contributed by atoms with van der Waals surface area (Å²) in [6, 6.07) is 21.1. The summed E-state index contributed by atoms with van der Waals surface area (Å²) in [5, 5.41) is 2.00. The van der Waals surface area contributed by atoms with Gasteiger partial charge in [0, 0.05) is 15.8 Å². The summed E-state index contributed by atoms with van der Waals surface area (Å²) in [4.78, 5) is 5.11. The second-order valence-corrected chi connectivity index (χ2v) is 9.00. The van der Waals surface area contributed by atoms with Crippen LogP contribution in [0.1, 0.15) is 32.6 Å². The van der Waals surface area contributed by atoms with Crippen molar-refractivity contribution in [1.82, 2.24) is 4.98 Å². The van der Waals surface area contributed by atoms with Crippen molar-refractivity contribution in [3.63, 3.8) is 0 Å². The Morgan fingerprint density at radius 1 is 0.857 bits per heavy atom. The summed E-state index contributed by atoms with van der Waals surface area (Å²) in [5.74, 6) is 1.77. The zero-order valence-electron chi connectivity index (χ0n) is 20.4. The number of nitrogen functional groups attached to an aromatic ring is 3. The second-order valence-electron chi connectivity index (χ2n) is 7.88. The molecule has 35 heavy (non-hydrogen) atoms. The van der Waals surface area contributed by atoms with Crippen molar-refractivity contribution in [2.24, 2.45) is 0 Å². The predicted molar refractivity (Wildman–Crippen MR) is 159 cm³/mol. The van der Waals surface area contributed by atoms with Crippen LogP contribution in [0.25, 0.3) is 22.0 Å². The number of hydrogen-bond donors (Lipinski definition) is 5. The van der Waals surface area contributed by atoms with Crippen LogP contribution in [0.4, 0.5) is 17.1 Å². The van der Waals surface area contributed by atoms with Crippen LogP contribution in [-0.4, -0.2) is 17.8 Å². The first-order valence-corrected chi connectivity index (χ1v) is 12.7. The van der Waals surface area contributed by atoms with E-state index in [0.717, 1.165) is 38.4 Å². The van der Waals surface area contributed by atoms with Crippen molar-refractivity contribution in [3.8, 4) is 17.0 Å². The summed E-state index contributed by atoms with van der Waals surface area (Å²) >= 11 is 8.12. The molecule has 7 heteroatoms.